The van der Waals surface area contributed by atoms with E-state index in [0.29, 0.717) is 44.1 Å². The summed E-state index contributed by atoms with van der Waals surface area (Å²) in [5.74, 6) is -2.68. The molecule has 304 valence electrons. The zero-order chi connectivity index (χ0) is 41.9. The molecule has 0 aliphatic carbocycles. The van der Waals surface area contributed by atoms with Crippen molar-refractivity contribution < 1.29 is 33.9 Å². The molecule has 2 aliphatic rings. The summed E-state index contributed by atoms with van der Waals surface area (Å²) in [5.41, 5.74) is 5.52. The molecule has 5 amide bonds. The highest BCUT2D eigenvalue weighted by Gasteiger charge is 2.45. The standard InChI is InChI=1S/C39H44N6O7.C3H6.C2H6/c1-38(2,20-40-27-12-8-24(9-13-27)19-44-17-16-25-10-11-26(18-31(25)44)34(47)43-51)22-52-23-39(3,4)21-41-29-7-5-6-28-33(29)37(50)45(36(28)49)30-14-15-32(46)42-35(30)48;1-3-2;1-2/h5-13,16-18,30,40-41,51H,14-15,19-23H2,1-4H3,(H,43,47)(H,42,46,48);3H,1H2,2H3;1-2H3. The van der Waals surface area contributed by atoms with E-state index in [1.54, 1.807) is 41.9 Å². The molecule has 1 atom stereocenters. The summed E-state index contributed by atoms with van der Waals surface area (Å²) in [7, 11) is 0. The molecule has 1 saturated heterocycles. The lowest BCUT2D eigenvalue weighted by atomic mass is 9.92. The van der Waals surface area contributed by atoms with E-state index in [1.807, 2.05) is 51.2 Å². The van der Waals surface area contributed by atoms with Gasteiger partial charge in [-0.15, -0.1) is 6.58 Å². The molecule has 13 heteroatoms. The SMILES string of the molecule is C=CC.CC.CC(C)(CNc1ccc(Cn2ccc3ccc(C(=O)NO)cc32)cc1)COCC(C)(C)CNc1cccc2c1C(=O)N(C1CCC(=O)NC1=O)C2=O. The first kappa shape index (κ1) is 43.9. The van der Waals surface area contributed by atoms with Crippen LogP contribution in [0.15, 0.2) is 85.6 Å². The number of nitrogens with zero attached hydrogens (tertiary/aromatic N) is 2. The summed E-state index contributed by atoms with van der Waals surface area (Å²) in [6.07, 6.45) is 3.90. The molecule has 0 saturated carbocycles. The van der Waals surface area contributed by atoms with Crippen LogP contribution in [0.3, 0.4) is 0 Å². The van der Waals surface area contributed by atoms with Crippen molar-refractivity contribution in [2.24, 2.45) is 10.8 Å². The van der Waals surface area contributed by atoms with Crippen LogP contribution >= 0.6 is 0 Å². The third-order valence-corrected chi connectivity index (χ3v) is 9.43. The number of carbonyl (C=O) groups is 5. The first-order valence-electron chi connectivity index (χ1n) is 19.3. The fraction of sp³-hybridized carbons (Fsp3) is 0.386. The van der Waals surface area contributed by atoms with Gasteiger partial charge in [0.15, 0.2) is 0 Å². The smallest absolute Gasteiger partial charge is 0.274 e. The second-order valence-electron chi connectivity index (χ2n) is 15.5. The van der Waals surface area contributed by atoms with Gasteiger partial charge in [0.25, 0.3) is 17.7 Å². The van der Waals surface area contributed by atoms with E-state index >= 15 is 0 Å². The number of anilines is 2. The number of benzene rings is 3. The number of hydrogen-bond donors (Lipinski definition) is 5. The van der Waals surface area contributed by atoms with E-state index in [-0.39, 0.29) is 34.8 Å². The molecule has 13 nitrogen and oxygen atoms in total. The van der Waals surface area contributed by atoms with Gasteiger partial charge in [-0.25, -0.2) is 5.48 Å². The van der Waals surface area contributed by atoms with Crippen LogP contribution < -0.4 is 21.4 Å². The van der Waals surface area contributed by atoms with Crippen LogP contribution in [-0.4, -0.2) is 76.6 Å². The van der Waals surface area contributed by atoms with Gasteiger partial charge in [0.1, 0.15) is 6.04 Å². The third kappa shape index (κ3) is 11.0. The topological polar surface area (TPSA) is 171 Å². The molecule has 4 aromatic rings. The van der Waals surface area contributed by atoms with E-state index in [2.05, 4.69) is 66.9 Å². The Balaban J connectivity index is 0.00000137. The van der Waals surface area contributed by atoms with Gasteiger partial charge in [0, 0.05) is 65.5 Å². The molecule has 1 unspecified atom stereocenters. The van der Waals surface area contributed by atoms with Crippen molar-refractivity contribution in [3.63, 3.8) is 0 Å². The monoisotopic (exact) mass is 780 g/mol. The minimum atomic E-state index is -1.02. The first-order valence-corrected chi connectivity index (χ1v) is 19.3. The molecule has 0 spiro atoms. The van der Waals surface area contributed by atoms with Crippen molar-refractivity contribution in [1.29, 1.82) is 0 Å². The maximum atomic E-state index is 13.4. The molecule has 3 aromatic carbocycles. The Bertz CT molecular complexity index is 2090. The van der Waals surface area contributed by atoms with Gasteiger partial charge in [-0.1, -0.05) is 71.9 Å². The Hall–Kier alpha value is -5.79. The molecule has 6 rings (SSSR count). The number of nitrogens with one attached hydrogen (secondary N) is 4. The molecule has 2 aliphatic heterocycles. The number of piperidine rings is 1. The van der Waals surface area contributed by atoms with Gasteiger partial charge in [0.05, 0.1) is 24.3 Å². The van der Waals surface area contributed by atoms with Crippen LogP contribution in [0, 0.1) is 10.8 Å². The van der Waals surface area contributed by atoms with E-state index in [0.717, 1.165) is 27.1 Å². The molecular formula is C44H56N6O7. The lowest BCUT2D eigenvalue weighted by Crippen LogP contribution is -2.54. The van der Waals surface area contributed by atoms with E-state index in [4.69, 9.17) is 9.94 Å². The summed E-state index contributed by atoms with van der Waals surface area (Å²) in [5, 5.41) is 19.1. The number of aromatic nitrogens is 1. The van der Waals surface area contributed by atoms with Gasteiger partial charge >= 0.3 is 0 Å². The summed E-state index contributed by atoms with van der Waals surface area (Å²) in [4.78, 5) is 63.6. The second-order valence-corrected chi connectivity index (χ2v) is 15.5. The number of allylic oxidation sites excluding steroid dienone is 1. The van der Waals surface area contributed by atoms with Crippen LogP contribution in [0.5, 0.6) is 0 Å². The highest BCUT2D eigenvalue weighted by atomic mass is 16.5. The molecule has 1 aromatic heterocycles. The maximum Gasteiger partial charge on any atom is 0.274 e. The van der Waals surface area contributed by atoms with E-state index in [9.17, 15) is 24.0 Å². The number of amides is 5. The van der Waals surface area contributed by atoms with Gasteiger partial charge in [-0.3, -0.25) is 39.4 Å². The van der Waals surface area contributed by atoms with Crippen molar-refractivity contribution >= 4 is 51.8 Å². The van der Waals surface area contributed by atoms with Crippen LogP contribution in [0.25, 0.3) is 10.9 Å². The Morgan fingerprint density at radius 3 is 2.21 bits per heavy atom. The fourth-order valence-corrected chi connectivity index (χ4v) is 6.50. The van der Waals surface area contributed by atoms with Crippen molar-refractivity contribution in [2.45, 2.75) is 73.9 Å². The summed E-state index contributed by atoms with van der Waals surface area (Å²) in [6, 6.07) is 19.5. The number of carbonyl (C=O) groups excluding carboxylic acids is 5. The lowest BCUT2D eigenvalue weighted by Gasteiger charge is -2.30. The third-order valence-electron chi connectivity index (χ3n) is 9.43. The summed E-state index contributed by atoms with van der Waals surface area (Å²) < 4.78 is 8.27. The molecule has 3 heterocycles. The summed E-state index contributed by atoms with van der Waals surface area (Å²) in [6.45, 7) is 20.3. The maximum absolute atomic E-state index is 13.4. The highest BCUT2D eigenvalue weighted by molar-refractivity contribution is 6.25. The van der Waals surface area contributed by atoms with Gasteiger partial charge in [0.2, 0.25) is 11.8 Å². The normalized spacial score (nSPS) is 15.2. The minimum Gasteiger partial charge on any atom is -0.384 e. The van der Waals surface area contributed by atoms with E-state index < -0.39 is 35.6 Å². The molecule has 1 fully saturated rings. The number of fused-ring (bicyclic) bond motifs is 2. The Labute approximate surface area is 334 Å². The molecule has 0 bridgehead atoms. The highest BCUT2D eigenvalue weighted by Crippen LogP contribution is 2.33. The zero-order valence-corrected chi connectivity index (χ0v) is 34.0. The van der Waals surface area contributed by atoms with Crippen LogP contribution in [-0.2, 0) is 20.9 Å². The van der Waals surface area contributed by atoms with Crippen molar-refractivity contribution in [2.75, 3.05) is 36.9 Å². The Morgan fingerprint density at radius 1 is 0.930 bits per heavy atom. The van der Waals surface area contributed by atoms with Crippen molar-refractivity contribution in [3.8, 4) is 0 Å². The number of rotatable bonds is 14. The molecule has 0 radical (unpaired) electrons. The minimum absolute atomic E-state index is 0.0654. The number of ether oxygens (including phenoxy) is 1. The van der Waals surface area contributed by atoms with Crippen molar-refractivity contribution in [3.05, 3.63) is 108 Å². The molecular weight excluding hydrogens is 725 g/mol. The van der Waals surface area contributed by atoms with Crippen LogP contribution in [0.1, 0.15) is 97.9 Å². The van der Waals surface area contributed by atoms with Crippen molar-refractivity contribution in [1.82, 2.24) is 20.3 Å². The number of hydrogen-bond acceptors (Lipinski definition) is 9. The van der Waals surface area contributed by atoms with Crippen LogP contribution in [0.2, 0.25) is 0 Å². The average molecular weight is 781 g/mol. The lowest BCUT2D eigenvalue weighted by molar-refractivity contribution is -0.136. The molecule has 5 N–H and O–H groups in total. The molecule has 57 heavy (non-hydrogen) atoms. The first-order chi connectivity index (χ1) is 27.2. The Kier molecular flexibility index (Phi) is 14.9. The second kappa shape index (κ2) is 19.4. The summed E-state index contributed by atoms with van der Waals surface area (Å²) >= 11 is 0. The number of imide groups is 2. The van der Waals surface area contributed by atoms with Crippen LogP contribution in [0.4, 0.5) is 11.4 Å². The predicted molar refractivity (Wildman–Crippen MR) is 222 cm³/mol. The predicted octanol–water partition coefficient (Wildman–Crippen LogP) is 7.02. The van der Waals surface area contributed by atoms with Gasteiger partial charge in [-0.05, 0) is 66.8 Å². The average Bonchev–Trinajstić information content (AvgIpc) is 3.70. The largest absolute Gasteiger partial charge is 0.384 e. The van der Waals surface area contributed by atoms with E-state index in [1.165, 1.54) is 0 Å². The fourth-order valence-electron chi connectivity index (χ4n) is 6.50. The van der Waals surface area contributed by atoms with Gasteiger partial charge < -0.3 is 19.9 Å². The Morgan fingerprint density at radius 2 is 1.58 bits per heavy atom. The van der Waals surface area contributed by atoms with Gasteiger partial charge in [-0.2, -0.15) is 0 Å². The quantitative estimate of drug-likeness (QED) is 0.0391. The zero-order valence-electron chi connectivity index (χ0n) is 34.0. The number of hydroxylamine groups is 1.